The Morgan fingerprint density at radius 1 is 0.418 bits per heavy atom. The average molecular weight is 699 g/mol. The minimum atomic E-state index is 0.652. The van der Waals surface area contributed by atoms with E-state index in [-0.39, 0.29) is 0 Å². The number of nitriles is 1. The molecule has 0 aliphatic rings. The molecule has 8 aromatic carbocycles. The highest BCUT2D eigenvalue weighted by Crippen LogP contribution is 2.41. The molecule has 0 N–H and O–H groups in total. The van der Waals surface area contributed by atoms with Crippen LogP contribution < -0.4 is 0 Å². The maximum atomic E-state index is 9.71. The van der Waals surface area contributed by atoms with E-state index >= 15 is 0 Å². The summed E-state index contributed by atoms with van der Waals surface area (Å²) in [7, 11) is 0. The molecule has 0 aliphatic heterocycles. The Hall–Kier alpha value is -7.61. The quantitative estimate of drug-likeness (QED) is 0.168. The number of fused-ring (bicyclic) bond motifs is 3. The molecule has 0 spiro atoms. The zero-order chi connectivity index (χ0) is 36.5. The summed E-state index contributed by atoms with van der Waals surface area (Å²) >= 11 is 0. The lowest BCUT2D eigenvalue weighted by atomic mass is 9.89. The molecule has 3 aromatic heterocycles. The highest BCUT2D eigenvalue weighted by atomic mass is 15.0. The van der Waals surface area contributed by atoms with E-state index < -0.39 is 0 Å². The van der Waals surface area contributed by atoms with Gasteiger partial charge in [-0.15, -0.1) is 0 Å². The number of aromatic nitrogens is 3. The summed E-state index contributed by atoms with van der Waals surface area (Å²) in [4.78, 5) is 9.20. The fourth-order valence-electron chi connectivity index (χ4n) is 8.43. The number of para-hydroxylation sites is 1. The second kappa shape index (κ2) is 12.2. The molecule has 0 unspecified atom stereocenters. The number of benzene rings is 8. The van der Waals surface area contributed by atoms with Crippen LogP contribution in [-0.4, -0.2) is 14.5 Å². The van der Waals surface area contributed by atoms with Gasteiger partial charge >= 0.3 is 0 Å². The molecule has 3 heterocycles. The molecule has 0 aliphatic carbocycles. The third kappa shape index (κ3) is 5.06. The van der Waals surface area contributed by atoms with Gasteiger partial charge in [-0.1, -0.05) is 84.9 Å². The van der Waals surface area contributed by atoms with Gasteiger partial charge in [-0.25, -0.2) is 4.98 Å². The van der Waals surface area contributed by atoms with Gasteiger partial charge in [0, 0.05) is 40.0 Å². The first-order chi connectivity index (χ1) is 27.2. The third-order valence-electron chi connectivity index (χ3n) is 11.0. The SMILES string of the molecule is N#Cc1ccc2c3ccc(-c4cccc(-c5cc6ccc7cc(-c8cccc(-c9ccncc9)n8)cc8ccc(c5)c6c78)c4)cc3n(-c3ccccc3)c2c1. The van der Waals surface area contributed by atoms with Crippen LogP contribution >= 0.6 is 0 Å². The minimum absolute atomic E-state index is 0.652. The molecule has 11 aromatic rings. The van der Waals surface area contributed by atoms with Crippen molar-refractivity contribution in [3.05, 3.63) is 188 Å². The molecule has 4 heteroatoms. The summed E-state index contributed by atoms with van der Waals surface area (Å²) in [6.07, 6.45) is 3.61. The largest absolute Gasteiger partial charge is 0.309 e. The Morgan fingerprint density at radius 2 is 0.982 bits per heavy atom. The maximum absolute atomic E-state index is 9.71. The molecule has 0 radical (unpaired) electrons. The molecule has 0 amide bonds. The standard InChI is InChI=1S/C51H30N4/c52-31-32-12-18-44-45-19-17-36(30-49(45)55(48(44)24-32)43-8-2-1-3-9-43)34-6-4-7-35(25-34)41-26-37-13-15-39-28-42(29-40-16-14-38(27-41)50(37)51(39)40)47-11-5-10-46(54-47)33-20-22-53-23-21-33/h1-30H. The van der Waals surface area contributed by atoms with Crippen LogP contribution in [0.4, 0.5) is 0 Å². The molecule has 11 rings (SSSR count). The Kier molecular flexibility index (Phi) is 6.89. The Bertz CT molecular complexity index is 3250. The van der Waals surface area contributed by atoms with E-state index in [1.807, 2.05) is 36.4 Å². The maximum Gasteiger partial charge on any atom is 0.0992 e. The van der Waals surface area contributed by atoms with Crippen molar-refractivity contribution in [3.63, 3.8) is 0 Å². The normalized spacial score (nSPS) is 11.6. The Balaban J connectivity index is 0.999. The molecular weight excluding hydrogens is 669 g/mol. The molecule has 55 heavy (non-hydrogen) atoms. The third-order valence-corrected chi connectivity index (χ3v) is 11.0. The lowest BCUT2D eigenvalue weighted by Crippen LogP contribution is -1.93. The molecule has 4 nitrogen and oxygen atoms in total. The van der Waals surface area contributed by atoms with Crippen LogP contribution in [0.5, 0.6) is 0 Å². The van der Waals surface area contributed by atoms with Crippen LogP contribution in [-0.2, 0) is 0 Å². The zero-order valence-electron chi connectivity index (χ0n) is 29.6. The Morgan fingerprint density at radius 3 is 1.65 bits per heavy atom. The van der Waals surface area contributed by atoms with Gasteiger partial charge < -0.3 is 4.57 Å². The highest BCUT2D eigenvalue weighted by Gasteiger charge is 2.16. The second-order valence-electron chi connectivity index (χ2n) is 14.2. The van der Waals surface area contributed by atoms with Crippen molar-refractivity contribution < 1.29 is 0 Å². The first-order valence-electron chi connectivity index (χ1n) is 18.4. The molecule has 0 saturated carbocycles. The summed E-state index contributed by atoms with van der Waals surface area (Å²) in [6.45, 7) is 0. The van der Waals surface area contributed by atoms with Gasteiger partial charge in [-0.3, -0.25) is 4.98 Å². The van der Waals surface area contributed by atoms with Crippen LogP contribution in [0.1, 0.15) is 5.56 Å². The van der Waals surface area contributed by atoms with Crippen molar-refractivity contribution >= 4 is 54.1 Å². The monoisotopic (exact) mass is 698 g/mol. The van der Waals surface area contributed by atoms with E-state index in [1.54, 1.807) is 12.4 Å². The number of pyridine rings is 2. The first-order valence-corrected chi connectivity index (χ1v) is 18.4. The van der Waals surface area contributed by atoms with E-state index in [0.717, 1.165) is 61.1 Å². The number of rotatable bonds is 5. The van der Waals surface area contributed by atoms with Gasteiger partial charge in [-0.05, 0) is 140 Å². The van der Waals surface area contributed by atoms with Gasteiger partial charge in [0.25, 0.3) is 0 Å². The summed E-state index contributed by atoms with van der Waals surface area (Å²) < 4.78 is 2.27. The Labute approximate surface area is 317 Å². The van der Waals surface area contributed by atoms with E-state index in [2.05, 4.69) is 149 Å². The number of hydrogen-bond acceptors (Lipinski definition) is 3. The summed E-state index contributed by atoms with van der Waals surface area (Å²) in [5, 5.41) is 19.5. The van der Waals surface area contributed by atoms with E-state index in [9.17, 15) is 5.26 Å². The van der Waals surface area contributed by atoms with Gasteiger partial charge in [0.15, 0.2) is 0 Å². The lowest BCUT2D eigenvalue weighted by molar-refractivity contribution is 1.18. The molecule has 254 valence electrons. The smallest absolute Gasteiger partial charge is 0.0992 e. The molecule has 0 atom stereocenters. The van der Waals surface area contributed by atoms with Crippen molar-refractivity contribution in [2.24, 2.45) is 0 Å². The molecule has 0 fully saturated rings. The lowest BCUT2D eigenvalue weighted by Gasteiger charge is -2.15. The van der Waals surface area contributed by atoms with Crippen molar-refractivity contribution in [1.29, 1.82) is 5.26 Å². The predicted octanol–water partition coefficient (Wildman–Crippen LogP) is 13.0. The van der Waals surface area contributed by atoms with Crippen LogP contribution in [0, 0.1) is 11.3 Å². The number of hydrogen-bond donors (Lipinski definition) is 0. The first kappa shape index (κ1) is 31.0. The van der Waals surface area contributed by atoms with Crippen LogP contribution in [0.3, 0.4) is 0 Å². The van der Waals surface area contributed by atoms with Crippen molar-refractivity contribution in [2.75, 3.05) is 0 Å². The van der Waals surface area contributed by atoms with Crippen LogP contribution in [0.25, 0.3) is 105 Å². The zero-order valence-corrected chi connectivity index (χ0v) is 29.6. The van der Waals surface area contributed by atoms with E-state index in [0.29, 0.717) is 5.56 Å². The molecule has 0 saturated heterocycles. The van der Waals surface area contributed by atoms with Gasteiger partial charge in [0.05, 0.1) is 34.1 Å². The highest BCUT2D eigenvalue weighted by molar-refractivity contribution is 6.24. The number of nitrogens with zero attached hydrogens (tertiary/aromatic N) is 4. The van der Waals surface area contributed by atoms with Gasteiger partial charge in [-0.2, -0.15) is 5.26 Å². The topological polar surface area (TPSA) is 54.5 Å². The van der Waals surface area contributed by atoms with Crippen LogP contribution in [0.15, 0.2) is 182 Å². The molecule has 0 bridgehead atoms. The van der Waals surface area contributed by atoms with Crippen molar-refractivity contribution in [1.82, 2.24) is 14.5 Å². The minimum Gasteiger partial charge on any atom is -0.309 e. The fraction of sp³-hybridized carbons (Fsp3) is 0. The summed E-state index contributed by atoms with van der Waals surface area (Å²) in [6, 6.07) is 62.7. The summed E-state index contributed by atoms with van der Waals surface area (Å²) in [5.74, 6) is 0. The van der Waals surface area contributed by atoms with Crippen molar-refractivity contribution in [3.8, 4) is 56.5 Å². The van der Waals surface area contributed by atoms with E-state index in [4.69, 9.17) is 4.98 Å². The van der Waals surface area contributed by atoms with Crippen molar-refractivity contribution in [2.45, 2.75) is 0 Å². The fourth-order valence-corrected chi connectivity index (χ4v) is 8.43. The molecular formula is C51H30N4. The predicted molar refractivity (Wildman–Crippen MR) is 227 cm³/mol. The average Bonchev–Trinajstić information content (AvgIpc) is 3.58. The van der Waals surface area contributed by atoms with E-state index in [1.165, 1.54) is 43.4 Å². The second-order valence-corrected chi connectivity index (χ2v) is 14.2. The van der Waals surface area contributed by atoms with Gasteiger partial charge in [0.2, 0.25) is 0 Å². The summed E-state index contributed by atoms with van der Waals surface area (Å²) in [5.41, 5.74) is 12.6. The van der Waals surface area contributed by atoms with Gasteiger partial charge in [0.1, 0.15) is 0 Å². The van der Waals surface area contributed by atoms with Crippen LogP contribution in [0.2, 0.25) is 0 Å².